The van der Waals surface area contributed by atoms with Crippen LogP contribution in [0.2, 0.25) is 0 Å². The van der Waals surface area contributed by atoms with Gasteiger partial charge in [-0.05, 0) is 57.6 Å². The minimum absolute atomic E-state index is 0.299. The number of carbonyl (C=O) groups excluding carboxylic acids is 1. The first-order chi connectivity index (χ1) is 13.6. The van der Waals surface area contributed by atoms with Gasteiger partial charge in [0.05, 0.1) is 0 Å². The van der Waals surface area contributed by atoms with Crippen LogP contribution >= 0.6 is 7.14 Å². The predicted octanol–water partition coefficient (Wildman–Crippen LogP) is 6.63. The van der Waals surface area contributed by atoms with Gasteiger partial charge in [0.1, 0.15) is 5.34 Å². The Morgan fingerprint density at radius 3 is 2.10 bits per heavy atom. The second-order valence-corrected chi connectivity index (χ2v) is 11.7. The van der Waals surface area contributed by atoms with Gasteiger partial charge in [-0.3, -0.25) is 4.79 Å². The highest BCUT2D eigenvalue weighted by Crippen LogP contribution is 2.61. The highest BCUT2D eigenvalue weighted by Gasteiger charge is 2.51. The van der Waals surface area contributed by atoms with E-state index in [1.165, 1.54) is 0 Å². The summed E-state index contributed by atoms with van der Waals surface area (Å²) in [4.78, 5) is 14.0. The molecule has 0 fully saturated rings. The molecule has 2 aromatic carbocycles. The van der Waals surface area contributed by atoms with Crippen molar-refractivity contribution in [3.8, 4) is 0 Å². The Morgan fingerprint density at radius 2 is 1.62 bits per heavy atom. The molecular weight excluding hydrogens is 379 g/mol. The number of rotatable bonds is 9. The van der Waals surface area contributed by atoms with E-state index in [2.05, 4.69) is 13.8 Å². The summed E-state index contributed by atoms with van der Waals surface area (Å²) in [5.74, 6) is 0.476. The minimum atomic E-state index is -3.60. The van der Waals surface area contributed by atoms with Gasteiger partial charge < -0.3 is 9.30 Å². The molecule has 0 spiro atoms. The number of aryl methyl sites for hydroxylation is 3. The second kappa shape index (κ2) is 9.41. The van der Waals surface area contributed by atoms with Crippen LogP contribution in [0.3, 0.4) is 0 Å². The molecule has 0 aromatic heterocycles. The van der Waals surface area contributed by atoms with Gasteiger partial charge in [0, 0.05) is 17.5 Å². The maximum Gasteiger partial charge on any atom is 0.229 e. The lowest BCUT2D eigenvalue weighted by molar-refractivity contribution is 0.0215. The molecular formula is C25H35O3P. The zero-order valence-corrected chi connectivity index (χ0v) is 19.8. The van der Waals surface area contributed by atoms with Gasteiger partial charge in [0.2, 0.25) is 12.7 Å². The Bertz CT molecular complexity index is 879. The lowest BCUT2D eigenvalue weighted by atomic mass is 10.0. The molecule has 0 amide bonds. The van der Waals surface area contributed by atoms with E-state index in [-0.39, 0.29) is 5.52 Å². The molecule has 2 unspecified atom stereocenters. The molecule has 158 valence electrons. The number of carbonyl (C=O) groups is 1. The van der Waals surface area contributed by atoms with Crippen LogP contribution in [0, 0.1) is 26.7 Å². The van der Waals surface area contributed by atoms with Crippen molar-refractivity contribution in [3.63, 3.8) is 0 Å². The third-order valence-electron chi connectivity index (χ3n) is 5.73. The van der Waals surface area contributed by atoms with Gasteiger partial charge in [-0.15, -0.1) is 0 Å². The number of benzene rings is 2. The van der Waals surface area contributed by atoms with E-state index in [0.29, 0.717) is 29.8 Å². The molecule has 0 saturated carbocycles. The molecule has 0 radical (unpaired) electrons. The molecule has 3 nitrogen and oxygen atoms in total. The van der Waals surface area contributed by atoms with Crippen molar-refractivity contribution in [1.29, 1.82) is 0 Å². The molecule has 0 heterocycles. The third-order valence-corrected chi connectivity index (χ3v) is 9.33. The Labute approximate surface area is 176 Å². The minimum Gasteiger partial charge on any atom is -0.367 e. The van der Waals surface area contributed by atoms with E-state index < -0.39 is 12.5 Å². The summed E-state index contributed by atoms with van der Waals surface area (Å²) in [5, 5.41) is -0.484. The first-order valence-electron chi connectivity index (χ1n) is 10.5. The van der Waals surface area contributed by atoms with Crippen LogP contribution < -0.4 is 5.30 Å². The molecule has 4 heteroatoms. The highest BCUT2D eigenvalue weighted by atomic mass is 31.2. The van der Waals surface area contributed by atoms with Crippen molar-refractivity contribution in [3.05, 3.63) is 64.7 Å². The van der Waals surface area contributed by atoms with Gasteiger partial charge in [0.15, 0.2) is 0 Å². The SMILES string of the molecule is CCC(C)(OCCC(C)C)P(=O)(C(=O)c1c(C)cc(C)cc1C)c1ccccc1. The summed E-state index contributed by atoms with van der Waals surface area (Å²) in [6, 6.07) is 13.1. The Hall–Kier alpha value is -1.70. The van der Waals surface area contributed by atoms with Crippen molar-refractivity contribution >= 4 is 18.0 Å². The standard InChI is InChI=1S/C25H35O3P/c1-8-25(7,28-15-14-18(2)3)29(27,22-12-10-9-11-13-22)24(26)23-20(5)16-19(4)17-21(23)6/h9-13,16-18H,8,14-15H2,1-7H3. The van der Waals surface area contributed by atoms with E-state index in [1.54, 1.807) is 12.1 Å². The van der Waals surface area contributed by atoms with Crippen molar-refractivity contribution in [1.82, 2.24) is 0 Å². The lowest BCUT2D eigenvalue weighted by Crippen LogP contribution is -2.37. The maximum absolute atomic E-state index is 14.8. The van der Waals surface area contributed by atoms with Crippen molar-refractivity contribution in [2.75, 3.05) is 6.61 Å². The Morgan fingerprint density at radius 1 is 1.07 bits per heavy atom. The van der Waals surface area contributed by atoms with Gasteiger partial charge in [0.25, 0.3) is 0 Å². The second-order valence-electron chi connectivity index (χ2n) is 8.58. The van der Waals surface area contributed by atoms with E-state index in [0.717, 1.165) is 23.1 Å². The van der Waals surface area contributed by atoms with E-state index in [9.17, 15) is 9.36 Å². The van der Waals surface area contributed by atoms with E-state index in [4.69, 9.17) is 4.74 Å². The summed E-state index contributed by atoms with van der Waals surface area (Å²) in [5.41, 5.74) is 3.09. The van der Waals surface area contributed by atoms with Gasteiger partial charge >= 0.3 is 0 Å². The topological polar surface area (TPSA) is 43.4 Å². The summed E-state index contributed by atoms with van der Waals surface area (Å²) in [7, 11) is -3.60. The lowest BCUT2D eigenvalue weighted by Gasteiger charge is -2.37. The fourth-order valence-corrected chi connectivity index (χ4v) is 7.04. The van der Waals surface area contributed by atoms with Gasteiger partial charge in [-0.1, -0.05) is 68.8 Å². The van der Waals surface area contributed by atoms with Crippen LogP contribution in [0.4, 0.5) is 0 Å². The molecule has 0 saturated heterocycles. The van der Waals surface area contributed by atoms with Crippen LogP contribution in [0.5, 0.6) is 0 Å². The molecule has 0 aliphatic rings. The van der Waals surface area contributed by atoms with Gasteiger partial charge in [-0.25, -0.2) is 0 Å². The van der Waals surface area contributed by atoms with E-state index >= 15 is 0 Å². The third kappa shape index (κ3) is 4.73. The summed E-state index contributed by atoms with van der Waals surface area (Å²) in [6.45, 7) is 14.4. The molecule has 29 heavy (non-hydrogen) atoms. The first kappa shape index (κ1) is 23.6. The summed E-state index contributed by atoms with van der Waals surface area (Å²) in [6.07, 6.45) is 1.36. The molecule has 0 aliphatic heterocycles. The van der Waals surface area contributed by atoms with Crippen LogP contribution in [0.25, 0.3) is 0 Å². The van der Waals surface area contributed by atoms with Crippen LogP contribution in [0.15, 0.2) is 42.5 Å². The average Bonchev–Trinajstić information content (AvgIpc) is 2.66. The molecule has 2 aromatic rings. The van der Waals surface area contributed by atoms with Crippen LogP contribution in [-0.2, 0) is 9.30 Å². The number of hydrogen-bond acceptors (Lipinski definition) is 3. The fraction of sp³-hybridized carbons (Fsp3) is 0.480. The molecule has 2 rings (SSSR count). The summed E-state index contributed by atoms with van der Waals surface area (Å²) >= 11 is 0. The monoisotopic (exact) mass is 414 g/mol. The maximum atomic E-state index is 14.8. The summed E-state index contributed by atoms with van der Waals surface area (Å²) < 4.78 is 21.0. The van der Waals surface area contributed by atoms with Crippen molar-refractivity contribution in [2.24, 2.45) is 5.92 Å². The van der Waals surface area contributed by atoms with Crippen molar-refractivity contribution < 1.29 is 14.1 Å². The predicted molar refractivity (Wildman–Crippen MR) is 123 cm³/mol. The molecule has 0 bridgehead atoms. The van der Waals surface area contributed by atoms with E-state index in [1.807, 2.05) is 65.0 Å². The Balaban J connectivity index is 2.66. The first-order valence-corrected chi connectivity index (χ1v) is 12.2. The number of hydrogen-bond donors (Lipinski definition) is 0. The zero-order valence-electron chi connectivity index (χ0n) is 18.9. The normalized spacial score (nSPS) is 15.7. The highest BCUT2D eigenvalue weighted by molar-refractivity contribution is 7.88. The average molecular weight is 415 g/mol. The Kier molecular flexibility index (Phi) is 7.65. The van der Waals surface area contributed by atoms with Gasteiger partial charge in [-0.2, -0.15) is 0 Å². The van der Waals surface area contributed by atoms with Crippen molar-refractivity contribution in [2.45, 2.75) is 66.6 Å². The largest absolute Gasteiger partial charge is 0.367 e. The molecule has 0 N–H and O–H groups in total. The molecule has 0 aliphatic carbocycles. The quantitative estimate of drug-likeness (QED) is 0.433. The zero-order chi connectivity index (χ0) is 21.8. The van der Waals surface area contributed by atoms with Crippen LogP contribution in [0.1, 0.15) is 67.6 Å². The number of ether oxygens (including phenoxy) is 1. The smallest absolute Gasteiger partial charge is 0.229 e. The van der Waals surface area contributed by atoms with Crippen LogP contribution in [-0.4, -0.2) is 17.5 Å². The fourth-order valence-electron chi connectivity index (χ4n) is 3.85. The molecule has 2 atom stereocenters.